The molecule has 3 nitrogen and oxygen atoms in total. The Bertz CT molecular complexity index is 573. The molecule has 0 radical (unpaired) electrons. The van der Waals surface area contributed by atoms with Gasteiger partial charge in [0.1, 0.15) is 5.75 Å². The average Bonchev–Trinajstić information content (AvgIpc) is 2.99. The van der Waals surface area contributed by atoms with Crippen LogP contribution in [0.2, 0.25) is 0 Å². The zero-order chi connectivity index (χ0) is 13.2. The van der Waals surface area contributed by atoms with Gasteiger partial charge in [0.15, 0.2) is 0 Å². The molecular weight excluding hydrogens is 240 g/mol. The van der Waals surface area contributed by atoms with Gasteiger partial charge in [-0.15, -0.1) is 0 Å². The summed E-state index contributed by atoms with van der Waals surface area (Å²) in [6, 6.07) is 12.0. The van der Waals surface area contributed by atoms with Crippen LogP contribution in [0.3, 0.4) is 0 Å². The molecule has 3 heteroatoms. The van der Waals surface area contributed by atoms with Gasteiger partial charge in [0, 0.05) is 18.1 Å². The van der Waals surface area contributed by atoms with Crippen molar-refractivity contribution >= 4 is 10.8 Å². The lowest BCUT2D eigenvalue weighted by atomic mass is 9.90. The van der Waals surface area contributed by atoms with Crippen molar-refractivity contribution in [2.24, 2.45) is 5.92 Å². The fourth-order valence-corrected chi connectivity index (χ4v) is 2.80. The van der Waals surface area contributed by atoms with Crippen molar-refractivity contribution in [2.45, 2.75) is 12.5 Å². The molecule has 0 aromatic heterocycles. The molecular formula is C16H18O3. The monoisotopic (exact) mass is 258 g/mol. The minimum atomic E-state index is -0.538. The Balaban J connectivity index is 2.13. The number of aliphatic hydroxyl groups is 1. The second-order valence-electron chi connectivity index (χ2n) is 4.97. The predicted molar refractivity (Wildman–Crippen MR) is 74.4 cm³/mol. The lowest BCUT2D eigenvalue weighted by Crippen LogP contribution is -2.14. The summed E-state index contributed by atoms with van der Waals surface area (Å²) in [4.78, 5) is 0. The van der Waals surface area contributed by atoms with Crippen molar-refractivity contribution in [3.8, 4) is 5.75 Å². The SMILES string of the molecule is COc1ccc2ccccc2c1C(O)C1CCOC1. The summed E-state index contributed by atoms with van der Waals surface area (Å²) in [5.41, 5.74) is 0.885. The number of benzene rings is 2. The number of rotatable bonds is 3. The summed E-state index contributed by atoms with van der Waals surface area (Å²) in [5.74, 6) is 0.901. The van der Waals surface area contributed by atoms with Crippen LogP contribution in [-0.2, 0) is 4.74 Å². The molecule has 0 aliphatic carbocycles. The number of ether oxygens (including phenoxy) is 2. The van der Waals surface area contributed by atoms with E-state index in [1.807, 2.05) is 30.3 Å². The molecule has 1 heterocycles. The highest BCUT2D eigenvalue weighted by Gasteiger charge is 2.28. The van der Waals surface area contributed by atoms with E-state index in [1.165, 1.54) is 0 Å². The van der Waals surface area contributed by atoms with E-state index in [9.17, 15) is 5.11 Å². The summed E-state index contributed by atoms with van der Waals surface area (Å²) < 4.78 is 10.8. The highest BCUT2D eigenvalue weighted by Crippen LogP contribution is 2.38. The van der Waals surface area contributed by atoms with E-state index in [0.717, 1.165) is 35.1 Å². The predicted octanol–water partition coefficient (Wildman–Crippen LogP) is 2.92. The summed E-state index contributed by atoms with van der Waals surface area (Å²) in [5, 5.41) is 12.8. The van der Waals surface area contributed by atoms with Crippen LogP contribution in [0, 0.1) is 5.92 Å². The molecule has 0 spiro atoms. The molecule has 2 aromatic rings. The van der Waals surface area contributed by atoms with E-state index in [2.05, 4.69) is 6.07 Å². The Kier molecular flexibility index (Phi) is 3.40. The summed E-state index contributed by atoms with van der Waals surface area (Å²) in [6.45, 7) is 1.35. The van der Waals surface area contributed by atoms with Crippen molar-refractivity contribution in [1.29, 1.82) is 0 Å². The lowest BCUT2D eigenvalue weighted by molar-refractivity contribution is 0.0908. The van der Waals surface area contributed by atoms with Gasteiger partial charge in [-0.25, -0.2) is 0 Å². The Labute approximate surface area is 112 Å². The standard InChI is InChI=1S/C16H18O3/c1-18-14-7-6-11-4-2-3-5-13(11)15(14)16(17)12-8-9-19-10-12/h2-7,12,16-17H,8-10H2,1H3. The van der Waals surface area contributed by atoms with E-state index in [1.54, 1.807) is 7.11 Å². The van der Waals surface area contributed by atoms with E-state index >= 15 is 0 Å². The van der Waals surface area contributed by atoms with Gasteiger partial charge in [0.2, 0.25) is 0 Å². The molecule has 1 N–H and O–H groups in total. The first-order chi connectivity index (χ1) is 9.31. The fourth-order valence-electron chi connectivity index (χ4n) is 2.80. The normalized spacial score (nSPS) is 20.6. The average molecular weight is 258 g/mol. The van der Waals surface area contributed by atoms with E-state index in [0.29, 0.717) is 6.61 Å². The maximum absolute atomic E-state index is 10.7. The van der Waals surface area contributed by atoms with Crippen molar-refractivity contribution in [2.75, 3.05) is 20.3 Å². The Morgan fingerprint density at radius 2 is 2.11 bits per heavy atom. The zero-order valence-corrected chi connectivity index (χ0v) is 11.0. The number of aliphatic hydroxyl groups excluding tert-OH is 1. The van der Waals surface area contributed by atoms with Crippen molar-refractivity contribution in [3.05, 3.63) is 42.0 Å². The third-order valence-electron chi connectivity index (χ3n) is 3.86. The van der Waals surface area contributed by atoms with Crippen LogP contribution in [-0.4, -0.2) is 25.4 Å². The first-order valence-electron chi connectivity index (χ1n) is 6.62. The van der Waals surface area contributed by atoms with Gasteiger partial charge >= 0.3 is 0 Å². The quantitative estimate of drug-likeness (QED) is 0.920. The molecule has 2 aromatic carbocycles. The third kappa shape index (κ3) is 2.20. The van der Waals surface area contributed by atoms with Gasteiger partial charge in [0.05, 0.1) is 19.8 Å². The van der Waals surface area contributed by atoms with Gasteiger partial charge in [-0.3, -0.25) is 0 Å². The zero-order valence-electron chi connectivity index (χ0n) is 11.0. The molecule has 3 rings (SSSR count). The smallest absolute Gasteiger partial charge is 0.125 e. The van der Waals surface area contributed by atoms with Crippen molar-refractivity contribution in [3.63, 3.8) is 0 Å². The molecule has 0 amide bonds. The highest BCUT2D eigenvalue weighted by atomic mass is 16.5. The molecule has 1 fully saturated rings. The molecule has 1 aliphatic heterocycles. The molecule has 19 heavy (non-hydrogen) atoms. The van der Waals surface area contributed by atoms with Crippen LogP contribution in [0.5, 0.6) is 5.75 Å². The number of fused-ring (bicyclic) bond motifs is 1. The summed E-state index contributed by atoms with van der Waals surface area (Å²) in [6.07, 6.45) is 0.358. The van der Waals surface area contributed by atoms with Crippen LogP contribution in [0.25, 0.3) is 10.8 Å². The van der Waals surface area contributed by atoms with Crippen LogP contribution >= 0.6 is 0 Å². The van der Waals surface area contributed by atoms with Crippen LogP contribution in [0.15, 0.2) is 36.4 Å². The topological polar surface area (TPSA) is 38.7 Å². The van der Waals surface area contributed by atoms with E-state index in [-0.39, 0.29) is 5.92 Å². The molecule has 0 bridgehead atoms. The second-order valence-corrected chi connectivity index (χ2v) is 4.97. The minimum absolute atomic E-state index is 0.153. The molecule has 2 atom stereocenters. The Morgan fingerprint density at radius 3 is 2.84 bits per heavy atom. The first-order valence-corrected chi connectivity index (χ1v) is 6.62. The van der Waals surface area contributed by atoms with Gasteiger partial charge in [-0.05, 0) is 23.3 Å². The number of hydrogen-bond acceptors (Lipinski definition) is 3. The molecule has 1 aliphatic rings. The molecule has 1 saturated heterocycles. The minimum Gasteiger partial charge on any atom is -0.496 e. The number of hydrogen-bond donors (Lipinski definition) is 1. The van der Waals surface area contributed by atoms with Crippen molar-refractivity contribution < 1.29 is 14.6 Å². The molecule has 100 valence electrons. The van der Waals surface area contributed by atoms with Gasteiger partial charge in [-0.2, -0.15) is 0 Å². The summed E-state index contributed by atoms with van der Waals surface area (Å²) in [7, 11) is 1.64. The Morgan fingerprint density at radius 1 is 1.26 bits per heavy atom. The van der Waals surface area contributed by atoms with Gasteiger partial charge in [-0.1, -0.05) is 30.3 Å². The van der Waals surface area contributed by atoms with Gasteiger partial charge < -0.3 is 14.6 Å². The highest BCUT2D eigenvalue weighted by molar-refractivity contribution is 5.88. The van der Waals surface area contributed by atoms with Gasteiger partial charge in [0.25, 0.3) is 0 Å². The second kappa shape index (κ2) is 5.19. The van der Waals surface area contributed by atoms with E-state index in [4.69, 9.17) is 9.47 Å². The van der Waals surface area contributed by atoms with Crippen molar-refractivity contribution in [1.82, 2.24) is 0 Å². The largest absolute Gasteiger partial charge is 0.496 e. The van der Waals surface area contributed by atoms with E-state index < -0.39 is 6.10 Å². The van der Waals surface area contributed by atoms with Crippen LogP contribution in [0.4, 0.5) is 0 Å². The Hall–Kier alpha value is -1.58. The van der Waals surface area contributed by atoms with Crippen LogP contribution in [0.1, 0.15) is 18.1 Å². The maximum Gasteiger partial charge on any atom is 0.125 e. The maximum atomic E-state index is 10.7. The summed E-state index contributed by atoms with van der Waals surface area (Å²) >= 11 is 0. The first kappa shape index (κ1) is 12.5. The van der Waals surface area contributed by atoms with Crippen LogP contribution < -0.4 is 4.74 Å². The third-order valence-corrected chi connectivity index (χ3v) is 3.86. The molecule has 2 unspecified atom stereocenters. The molecule has 0 saturated carbocycles. The fraction of sp³-hybridized carbons (Fsp3) is 0.375. The lowest BCUT2D eigenvalue weighted by Gasteiger charge is -2.21. The number of methoxy groups -OCH3 is 1.